The molecule has 0 aliphatic carbocycles. The average molecular weight is 262 g/mol. The molecule has 1 aliphatic heterocycles. The van der Waals surface area contributed by atoms with Gasteiger partial charge in [-0.1, -0.05) is 12.1 Å². The minimum Gasteiger partial charge on any atom is -0.374 e. The standard InChI is InChI=1S/C15H22N2O2/c1-12(18)17-14-6-4-13(5-7-14)10-16-11-15(2)8-3-9-19-15/h4-7,16H,3,8-11H2,1-2H3,(H,17,18). The lowest BCUT2D eigenvalue weighted by molar-refractivity contribution is -0.114. The first-order valence-corrected chi connectivity index (χ1v) is 6.79. The summed E-state index contributed by atoms with van der Waals surface area (Å²) in [6, 6.07) is 7.89. The van der Waals surface area contributed by atoms with Crippen LogP contribution in [0.5, 0.6) is 0 Å². The molecule has 2 rings (SSSR count). The summed E-state index contributed by atoms with van der Waals surface area (Å²) in [7, 11) is 0. The molecule has 1 atom stereocenters. The first-order valence-electron chi connectivity index (χ1n) is 6.79. The second-order valence-electron chi connectivity index (χ2n) is 5.38. The fourth-order valence-electron chi connectivity index (χ4n) is 2.36. The summed E-state index contributed by atoms with van der Waals surface area (Å²) in [6.45, 7) is 6.24. The second kappa shape index (κ2) is 6.17. The average Bonchev–Trinajstić information content (AvgIpc) is 2.78. The van der Waals surface area contributed by atoms with Crippen molar-refractivity contribution in [3.05, 3.63) is 29.8 Å². The summed E-state index contributed by atoms with van der Waals surface area (Å²) in [5.41, 5.74) is 2.04. The van der Waals surface area contributed by atoms with Crippen LogP contribution >= 0.6 is 0 Å². The Labute approximate surface area is 114 Å². The maximum Gasteiger partial charge on any atom is 0.221 e. The van der Waals surface area contributed by atoms with Crippen LogP contribution in [0.1, 0.15) is 32.3 Å². The van der Waals surface area contributed by atoms with E-state index in [9.17, 15) is 4.79 Å². The van der Waals surface area contributed by atoms with E-state index in [1.807, 2.05) is 24.3 Å². The van der Waals surface area contributed by atoms with Crippen molar-refractivity contribution in [1.29, 1.82) is 0 Å². The quantitative estimate of drug-likeness (QED) is 0.856. The molecule has 0 saturated carbocycles. The topological polar surface area (TPSA) is 50.4 Å². The minimum atomic E-state index is -0.0443. The number of carbonyl (C=O) groups excluding carboxylic acids is 1. The van der Waals surface area contributed by atoms with Crippen molar-refractivity contribution >= 4 is 11.6 Å². The predicted molar refractivity (Wildman–Crippen MR) is 76.0 cm³/mol. The molecule has 0 bridgehead atoms. The summed E-state index contributed by atoms with van der Waals surface area (Å²) in [6.07, 6.45) is 2.28. The second-order valence-corrected chi connectivity index (χ2v) is 5.38. The van der Waals surface area contributed by atoms with Crippen LogP contribution in [0.3, 0.4) is 0 Å². The number of carbonyl (C=O) groups is 1. The third-order valence-corrected chi connectivity index (χ3v) is 3.40. The number of benzene rings is 1. The van der Waals surface area contributed by atoms with Crippen molar-refractivity contribution in [1.82, 2.24) is 5.32 Å². The lowest BCUT2D eigenvalue weighted by Gasteiger charge is -2.23. The number of ether oxygens (including phenoxy) is 1. The highest BCUT2D eigenvalue weighted by atomic mass is 16.5. The van der Waals surface area contributed by atoms with E-state index in [1.54, 1.807) is 0 Å². The molecule has 1 aromatic carbocycles. The number of amides is 1. The molecule has 2 N–H and O–H groups in total. The first kappa shape index (κ1) is 14.0. The molecule has 4 nitrogen and oxygen atoms in total. The van der Waals surface area contributed by atoms with E-state index in [0.717, 1.165) is 38.2 Å². The van der Waals surface area contributed by atoms with Crippen molar-refractivity contribution in [2.24, 2.45) is 0 Å². The molecule has 1 heterocycles. The van der Waals surface area contributed by atoms with Gasteiger partial charge in [0.05, 0.1) is 5.60 Å². The fraction of sp³-hybridized carbons (Fsp3) is 0.533. The molecule has 1 aliphatic rings. The summed E-state index contributed by atoms with van der Waals surface area (Å²) < 4.78 is 5.73. The van der Waals surface area contributed by atoms with Gasteiger partial charge >= 0.3 is 0 Å². The molecule has 1 aromatic rings. The molecule has 104 valence electrons. The predicted octanol–water partition coefficient (Wildman–Crippen LogP) is 2.30. The number of anilines is 1. The molecule has 1 saturated heterocycles. The van der Waals surface area contributed by atoms with Crippen LogP contribution in [0, 0.1) is 0 Å². The number of hydrogen-bond donors (Lipinski definition) is 2. The highest BCUT2D eigenvalue weighted by Gasteiger charge is 2.28. The molecule has 0 spiro atoms. The van der Waals surface area contributed by atoms with Gasteiger partial charge in [-0.2, -0.15) is 0 Å². The Morgan fingerprint density at radius 3 is 2.68 bits per heavy atom. The van der Waals surface area contributed by atoms with Crippen molar-refractivity contribution in [2.75, 3.05) is 18.5 Å². The summed E-state index contributed by atoms with van der Waals surface area (Å²) in [4.78, 5) is 10.9. The van der Waals surface area contributed by atoms with Gasteiger partial charge in [0.1, 0.15) is 0 Å². The SMILES string of the molecule is CC(=O)Nc1ccc(CNCC2(C)CCCO2)cc1. The molecule has 0 aromatic heterocycles. The van der Waals surface area contributed by atoms with E-state index in [1.165, 1.54) is 12.5 Å². The Bertz CT molecular complexity index is 422. The summed E-state index contributed by atoms with van der Waals surface area (Å²) >= 11 is 0. The van der Waals surface area contributed by atoms with Crippen LogP contribution in [0.25, 0.3) is 0 Å². The zero-order chi connectivity index (χ0) is 13.7. The van der Waals surface area contributed by atoms with E-state index in [2.05, 4.69) is 17.6 Å². The van der Waals surface area contributed by atoms with Crippen molar-refractivity contribution in [3.63, 3.8) is 0 Å². The van der Waals surface area contributed by atoms with Gasteiger partial charge in [0.15, 0.2) is 0 Å². The molecule has 19 heavy (non-hydrogen) atoms. The number of rotatable bonds is 5. The van der Waals surface area contributed by atoms with E-state index in [4.69, 9.17) is 4.74 Å². The molecule has 1 unspecified atom stereocenters. The van der Waals surface area contributed by atoms with Gasteiger partial charge in [-0.05, 0) is 37.5 Å². The lowest BCUT2D eigenvalue weighted by atomic mass is 10.0. The third-order valence-electron chi connectivity index (χ3n) is 3.40. The van der Waals surface area contributed by atoms with Crippen LogP contribution in [0.2, 0.25) is 0 Å². The third kappa shape index (κ3) is 4.33. The molecule has 4 heteroatoms. The minimum absolute atomic E-state index is 0.00384. The molecular weight excluding hydrogens is 240 g/mol. The van der Waals surface area contributed by atoms with Gasteiger partial charge in [0.25, 0.3) is 0 Å². The summed E-state index contributed by atoms with van der Waals surface area (Å²) in [5.74, 6) is -0.0443. The van der Waals surface area contributed by atoms with Crippen LogP contribution in [0.4, 0.5) is 5.69 Å². The maximum absolute atomic E-state index is 10.9. The van der Waals surface area contributed by atoms with Gasteiger partial charge < -0.3 is 15.4 Å². The van der Waals surface area contributed by atoms with Crippen LogP contribution in [-0.2, 0) is 16.1 Å². The van der Waals surface area contributed by atoms with Crippen molar-refractivity contribution in [3.8, 4) is 0 Å². The number of nitrogens with one attached hydrogen (secondary N) is 2. The Balaban J connectivity index is 1.78. The van der Waals surface area contributed by atoms with Crippen LogP contribution in [0.15, 0.2) is 24.3 Å². The van der Waals surface area contributed by atoms with Crippen LogP contribution in [-0.4, -0.2) is 24.7 Å². The monoisotopic (exact) mass is 262 g/mol. The van der Waals surface area contributed by atoms with E-state index < -0.39 is 0 Å². The molecule has 1 fully saturated rings. The highest BCUT2D eigenvalue weighted by Crippen LogP contribution is 2.24. The highest BCUT2D eigenvalue weighted by molar-refractivity contribution is 5.88. The normalized spacial score (nSPS) is 22.4. The van der Waals surface area contributed by atoms with Gasteiger partial charge in [0, 0.05) is 32.3 Å². The largest absolute Gasteiger partial charge is 0.374 e. The molecule has 0 radical (unpaired) electrons. The van der Waals surface area contributed by atoms with Gasteiger partial charge in [-0.15, -0.1) is 0 Å². The van der Waals surface area contributed by atoms with Gasteiger partial charge in [-0.25, -0.2) is 0 Å². The summed E-state index contributed by atoms with van der Waals surface area (Å²) in [5, 5.41) is 6.19. The van der Waals surface area contributed by atoms with Gasteiger partial charge in [-0.3, -0.25) is 4.79 Å². The molecular formula is C15H22N2O2. The van der Waals surface area contributed by atoms with E-state index in [0.29, 0.717) is 0 Å². The van der Waals surface area contributed by atoms with E-state index >= 15 is 0 Å². The zero-order valence-electron chi connectivity index (χ0n) is 11.7. The Morgan fingerprint density at radius 2 is 2.11 bits per heavy atom. The Morgan fingerprint density at radius 1 is 1.37 bits per heavy atom. The van der Waals surface area contributed by atoms with Crippen LogP contribution < -0.4 is 10.6 Å². The Kier molecular flexibility index (Phi) is 4.56. The fourth-order valence-corrected chi connectivity index (χ4v) is 2.36. The maximum atomic E-state index is 10.9. The van der Waals surface area contributed by atoms with Crippen molar-refractivity contribution in [2.45, 2.75) is 38.8 Å². The Hall–Kier alpha value is -1.39. The van der Waals surface area contributed by atoms with E-state index in [-0.39, 0.29) is 11.5 Å². The first-order chi connectivity index (χ1) is 9.07. The smallest absolute Gasteiger partial charge is 0.221 e. The lowest BCUT2D eigenvalue weighted by Crippen LogP contribution is -2.36. The van der Waals surface area contributed by atoms with Crippen molar-refractivity contribution < 1.29 is 9.53 Å². The molecule has 1 amide bonds. The zero-order valence-corrected chi connectivity index (χ0v) is 11.7. The van der Waals surface area contributed by atoms with Gasteiger partial charge in [0.2, 0.25) is 5.91 Å². The number of hydrogen-bond acceptors (Lipinski definition) is 3.